The van der Waals surface area contributed by atoms with E-state index in [1.807, 2.05) is 13.8 Å². The molecule has 4 atom stereocenters. The summed E-state index contributed by atoms with van der Waals surface area (Å²) in [6, 6.07) is 0.0757. The summed E-state index contributed by atoms with van der Waals surface area (Å²) in [4.78, 5) is 59.8. The summed E-state index contributed by atoms with van der Waals surface area (Å²) in [7, 11) is 0. The Hall–Kier alpha value is -3.80. The van der Waals surface area contributed by atoms with Crippen molar-refractivity contribution in [2.75, 3.05) is 6.54 Å². The van der Waals surface area contributed by atoms with E-state index in [0.717, 1.165) is 0 Å². The monoisotopic (exact) mass is 514 g/mol. The average molecular weight is 515 g/mol. The van der Waals surface area contributed by atoms with E-state index in [9.17, 15) is 24.3 Å². The molecule has 0 saturated heterocycles. The van der Waals surface area contributed by atoms with Crippen LogP contribution in [0.15, 0.2) is 35.2 Å². The van der Waals surface area contributed by atoms with Crippen LogP contribution in [0.25, 0.3) is 0 Å². The van der Waals surface area contributed by atoms with Gasteiger partial charge in [0.1, 0.15) is 24.4 Å². The molecule has 3 rings (SSSR count). The molecule has 3 heterocycles. The maximum Gasteiger partial charge on any atom is 0.273 e. The van der Waals surface area contributed by atoms with Crippen LogP contribution in [0, 0.1) is 5.92 Å². The minimum Gasteiger partial charge on any atom is -0.446 e. The number of nitrogens with zero attached hydrogens (tertiary/aromatic N) is 2. The number of hydrogen-bond donors (Lipinski definition) is 5. The summed E-state index contributed by atoms with van der Waals surface area (Å²) in [5, 5.41) is 21.2. The van der Waals surface area contributed by atoms with E-state index in [-0.39, 0.29) is 23.9 Å². The maximum absolute atomic E-state index is 13.2. The molecule has 37 heavy (non-hydrogen) atoms. The molecule has 1 aliphatic heterocycles. The van der Waals surface area contributed by atoms with Crippen molar-refractivity contribution in [2.45, 2.75) is 70.7 Å². The number of nitrogens with one attached hydrogen (secondary N) is 4. The smallest absolute Gasteiger partial charge is 0.273 e. The average Bonchev–Trinajstić information content (AvgIpc) is 3.35. The standard InChI is InChI=1S/C25H34N6O6/c1-14(2)12-18-25-30-19(13-37-25)22(34)27-9-5-4-6-17(28-21(33)16-7-10-26-11-8-16)23(35)31-20(15(3)32)24(36)29-18/h7-8,10-11,13-15,17-18,20,32H,4-6,9,12H2,1-3H3,(H,27,34)(H,28,33)(H,29,36)(H,31,35)/t15-,17+,18+,20+/m1/s1. The van der Waals surface area contributed by atoms with Gasteiger partial charge in [0.15, 0.2) is 5.69 Å². The van der Waals surface area contributed by atoms with Crippen LogP contribution in [-0.4, -0.2) is 63.4 Å². The van der Waals surface area contributed by atoms with Crippen LogP contribution in [0.5, 0.6) is 0 Å². The lowest BCUT2D eigenvalue weighted by atomic mass is 10.0. The number of carbonyl (C=O) groups excluding carboxylic acids is 4. The molecule has 0 spiro atoms. The van der Waals surface area contributed by atoms with E-state index < -0.39 is 47.9 Å². The molecule has 0 aliphatic carbocycles. The highest BCUT2D eigenvalue weighted by molar-refractivity contribution is 5.98. The van der Waals surface area contributed by atoms with Crippen LogP contribution < -0.4 is 21.3 Å². The molecule has 2 bridgehead atoms. The third-order valence-corrected chi connectivity index (χ3v) is 5.91. The van der Waals surface area contributed by atoms with Gasteiger partial charge in [-0.15, -0.1) is 0 Å². The molecule has 2 aromatic heterocycles. The number of oxazole rings is 1. The molecular weight excluding hydrogens is 480 g/mol. The highest BCUT2D eigenvalue weighted by Crippen LogP contribution is 2.21. The predicted molar refractivity (Wildman–Crippen MR) is 132 cm³/mol. The zero-order chi connectivity index (χ0) is 26.9. The van der Waals surface area contributed by atoms with Crippen LogP contribution in [0.4, 0.5) is 0 Å². The number of aromatic nitrogens is 2. The van der Waals surface area contributed by atoms with Crippen LogP contribution in [0.3, 0.4) is 0 Å². The molecule has 0 aromatic carbocycles. The Labute approximate surface area is 215 Å². The second-order valence-electron chi connectivity index (χ2n) is 9.50. The molecule has 0 saturated carbocycles. The number of aliphatic hydroxyl groups excluding tert-OH is 1. The van der Waals surface area contributed by atoms with E-state index in [0.29, 0.717) is 31.4 Å². The first-order chi connectivity index (χ1) is 17.7. The van der Waals surface area contributed by atoms with Gasteiger partial charge in [0.2, 0.25) is 17.7 Å². The molecule has 4 amide bonds. The number of fused-ring (bicyclic) bond motifs is 2. The zero-order valence-corrected chi connectivity index (χ0v) is 21.2. The molecular formula is C25H34N6O6. The highest BCUT2D eigenvalue weighted by atomic mass is 16.3. The lowest BCUT2D eigenvalue weighted by Crippen LogP contribution is -2.57. The number of carbonyl (C=O) groups is 4. The number of rotatable bonds is 5. The van der Waals surface area contributed by atoms with Gasteiger partial charge in [0, 0.05) is 24.5 Å². The molecule has 12 heteroatoms. The number of hydrogen-bond acceptors (Lipinski definition) is 8. The first-order valence-corrected chi connectivity index (χ1v) is 12.4. The molecule has 0 radical (unpaired) electrons. The van der Waals surface area contributed by atoms with Crippen molar-refractivity contribution in [3.63, 3.8) is 0 Å². The Kier molecular flexibility index (Phi) is 9.72. The maximum atomic E-state index is 13.2. The van der Waals surface area contributed by atoms with E-state index in [1.54, 1.807) is 0 Å². The van der Waals surface area contributed by atoms with Gasteiger partial charge >= 0.3 is 0 Å². The van der Waals surface area contributed by atoms with Crippen LogP contribution >= 0.6 is 0 Å². The van der Waals surface area contributed by atoms with Gasteiger partial charge in [-0.05, 0) is 50.7 Å². The van der Waals surface area contributed by atoms with Crippen molar-refractivity contribution in [1.29, 1.82) is 0 Å². The fourth-order valence-electron chi connectivity index (χ4n) is 3.95. The molecule has 1 aliphatic rings. The summed E-state index contributed by atoms with van der Waals surface area (Å²) < 4.78 is 5.50. The number of aliphatic hydroxyl groups is 1. The summed E-state index contributed by atoms with van der Waals surface area (Å²) in [6.07, 6.45) is 4.65. The van der Waals surface area contributed by atoms with Gasteiger partial charge in [-0.25, -0.2) is 4.98 Å². The minimum atomic E-state index is -1.30. The first-order valence-electron chi connectivity index (χ1n) is 12.4. The quantitative estimate of drug-likeness (QED) is 0.390. The van der Waals surface area contributed by atoms with Crippen molar-refractivity contribution in [2.24, 2.45) is 5.92 Å². The molecule has 12 nitrogen and oxygen atoms in total. The van der Waals surface area contributed by atoms with Gasteiger partial charge < -0.3 is 30.8 Å². The van der Waals surface area contributed by atoms with E-state index >= 15 is 0 Å². The lowest BCUT2D eigenvalue weighted by molar-refractivity contribution is -0.133. The number of amides is 4. The summed E-state index contributed by atoms with van der Waals surface area (Å²) in [6.45, 7) is 5.62. The van der Waals surface area contributed by atoms with Crippen LogP contribution in [0.2, 0.25) is 0 Å². The second kappa shape index (κ2) is 12.9. The topological polar surface area (TPSA) is 176 Å². The summed E-state index contributed by atoms with van der Waals surface area (Å²) in [5.74, 6) is -1.87. The van der Waals surface area contributed by atoms with E-state index in [2.05, 4.69) is 31.2 Å². The molecule has 5 N–H and O–H groups in total. The zero-order valence-electron chi connectivity index (χ0n) is 21.2. The minimum absolute atomic E-state index is 0.0907. The Morgan fingerprint density at radius 1 is 1.14 bits per heavy atom. The summed E-state index contributed by atoms with van der Waals surface area (Å²) in [5.41, 5.74) is 0.418. The fourth-order valence-corrected chi connectivity index (χ4v) is 3.95. The van der Waals surface area contributed by atoms with Crippen molar-refractivity contribution >= 4 is 23.6 Å². The number of pyridine rings is 1. The largest absolute Gasteiger partial charge is 0.446 e. The Morgan fingerprint density at radius 2 is 1.86 bits per heavy atom. The molecule has 0 unspecified atom stereocenters. The van der Waals surface area contributed by atoms with Crippen molar-refractivity contribution in [1.82, 2.24) is 31.2 Å². The third kappa shape index (κ3) is 7.84. The second-order valence-corrected chi connectivity index (χ2v) is 9.50. The Morgan fingerprint density at radius 3 is 2.54 bits per heavy atom. The normalized spacial score (nSPS) is 22.5. The van der Waals surface area contributed by atoms with E-state index in [4.69, 9.17) is 4.42 Å². The van der Waals surface area contributed by atoms with Gasteiger partial charge in [-0.2, -0.15) is 0 Å². The summed E-state index contributed by atoms with van der Waals surface area (Å²) >= 11 is 0. The fraction of sp³-hybridized carbons (Fsp3) is 0.520. The third-order valence-electron chi connectivity index (χ3n) is 5.91. The van der Waals surface area contributed by atoms with Gasteiger partial charge in [0.25, 0.3) is 11.8 Å². The molecule has 200 valence electrons. The van der Waals surface area contributed by atoms with Gasteiger partial charge in [-0.3, -0.25) is 24.2 Å². The van der Waals surface area contributed by atoms with Gasteiger partial charge in [-0.1, -0.05) is 13.8 Å². The van der Waals surface area contributed by atoms with Crippen molar-refractivity contribution < 1.29 is 28.7 Å². The van der Waals surface area contributed by atoms with Gasteiger partial charge in [0.05, 0.1) is 6.10 Å². The van der Waals surface area contributed by atoms with Crippen molar-refractivity contribution in [3.8, 4) is 0 Å². The van der Waals surface area contributed by atoms with E-state index in [1.165, 1.54) is 37.7 Å². The SMILES string of the molecule is CC(C)C[C@@H]1NC(=O)[C@H]([C@@H](C)O)NC(=O)[C@@H](NC(=O)c2ccncc2)CCCCNC(=O)c2coc1n2. The van der Waals surface area contributed by atoms with Crippen LogP contribution in [0.1, 0.15) is 79.2 Å². The first kappa shape index (κ1) is 27.8. The Balaban J connectivity index is 1.86. The van der Waals surface area contributed by atoms with Crippen LogP contribution in [-0.2, 0) is 9.59 Å². The lowest BCUT2D eigenvalue weighted by Gasteiger charge is -2.27. The molecule has 0 fully saturated rings. The Bertz CT molecular complexity index is 1090. The molecule has 2 aromatic rings. The predicted octanol–water partition coefficient (Wildman–Crippen LogP) is 0.851. The van der Waals surface area contributed by atoms with Crippen molar-refractivity contribution in [3.05, 3.63) is 47.9 Å². The highest BCUT2D eigenvalue weighted by Gasteiger charge is 2.32.